The van der Waals surface area contributed by atoms with Crippen LogP contribution < -0.4 is 5.32 Å². The Labute approximate surface area is 215 Å². The molecule has 0 unspecified atom stereocenters. The minimum atomic E-state index is -3.49. The van der Waals surface area contributed by atoms with E-state index >= 15 is 0 Å². The van der Waals surface area contributed by atoms with Gasteiger partial charge in [-0.1, -0.05) is 48.8 Å². The Morgan fingerprint density at radius 3 is 2.40 bits per heavy atom. The Balaban J connectivity index is 1.38. The average Bonchev–Trinajstić information content (AvgIpc) is 3.27. The number of imidazole rings is 1. The summed E-state index contributed by atoms with van der Waals surface area (Å²) in [4.78, 5) is 17.4. The maximum atomic E-state index is 12.8. The van der Waals surface area contributed by atoms with Gasteiger partial charge in [-0.3, -0.25) is 4.79 Å². The molecule has 0 saturated carbocycles. The summed E-state index contributed by atoms with van der Waals surface area (Å²) >= 11 is 7.39. The van der Waals surface area contributed by atoms with Crippen molar-refractivity contribution in [2.24, 2.45) is 0 Å². The molecule has 7 nitrogen and oxygen atoms in total. The van der Waals surface area contributed by atoms with Gasteiger partial charge in [-0.05, 0) is 61.2 Å². The molecule has 1 N–H and O–H groups in total. The number of hydrogen-bond acceptors (Lipinski definition) is 5. The van der Waals surface area contributed by atoms with Crippen LogP contribution in [-0.2, 0) is 21.4 Å². The van der Waals surface area contributed by atoms with E-state index in [0.717, 1.165) is 48.6 Å². The van der Waals surface area contributed by atoms with E-state index in [4.69, 9.17) is 11.6 Å². The van der Waals surface area contributed by atoms with Gasteiger partial charge in [-0.2, -0.15) is 4.31 Å². The number of amides is 1. The summed E-state index contributed by atoms with van der Waals surface area (Å²) in [6.45, 7) is 4.01. The van der Waals surface area contributed by atoms with Crippen molar-refractivity contribution in [1.29, 1.82) is 0 Å². The highest BCUT2D eigenvalue weighted by Gasteiger charge is 2.25. The van der Waals surface area contributed by atoms with Gasteiger partial charge in [0.2, 0.25) is 15.9 Å². The van der Waals surface area contributed by atoms with E-state index in [1.54, 1.807) is 24.3 Å². The second kappa shape index (κ2) is 11.6. The summed E-state index contributed by atoms with van der Waals surface area (Å²) in [6.07, 6.45) is 5.60. The number of carbonyl (C=O) groups is 1. The molecule has 0 atom stereocenters. The maximum absolute atomic E-state index is 12.8. The van der Waals surface area contributed by atoms with Crippen LogP contribution in [-0.4, -0.2) is 47.0 Å². The first-order valence-electron chi connectivity index (χ1n) is 11.7. The van der Waals surface area contributed by atoms with Gasteiger partial charge >= 0.3 is 0 Å². The van der Waals surface area contributed by atoms with E-state index < -0.39 is 10.0 Å². The second-order valence-electron chi connectivity index (χ2n) is 8.41. The number of anilines is 1. The molecule has 35 heavy (non-hydrogen) atoms. The van der Waals surface area contributed by atoms with E-state index in [1.165, 1.54) is 16.1 Å². The maximum Gasteiger partial charge on any atom is 0.243 e. The lowest BCUT2D eigenvalue weighted by Gasteiger charge is -2.25. The number of nitrogens with one attached hydrogen (secondary N) is 1. The van der Waals surface area contributed by atoms with Gasteiger partial charge < -0.3 is 9.88 Å². The molecule has 2 aromatic carbocycles. The second-order valence-corrected chi connectivity index (χ2v) is 11.7. The number of benzene rings is 2. The first kappa shape index (κ1) is 25.8. The number of halogens is 1. The SMILES string of the molecule is CCCn1c(-c2ccc(Cl)cc2)cnc1SCC(=O)Nc1ccc(S(=O)(=O)N2CCCCC2)cc1. The lowest BCUT2D eigenvalue weighted by atomic mass is 10.1. The molecule has 1 amide bonds. The molecule has 4 rings (SSSR count). The summed E-state index contributed by atoms with van der Waals surface area (Å²) in [6, 6.07) is 14.0. The smallest absolute Gasteiger partial charge is 0.243 e. The zero-order valence-electron chi connectivity index (χ0n) is 19.6. The molecule has 0 aliphatic carbocycles. The van der Waals surface area contributed by atoms with Gasteiger partial charge in [0.1, 0.15) is 0 Å². The van der Waals surface area contributed by atoms with Crippen LogP contribution in [0.5, 0.6) is 0 Å². The normalized spacial score (nSPS) is 14.7. The predicted molar refractivity (Wildman–Crippen MR) is 141 cm³/mol. The molecule has 1 aromatic heterocycles. The summed E-state index contributed by atoms with van der Waals surface area (Å²) in [5.74, 6) is 0.00922. The Bertz CT molecular complexity index is 1250. The molecule has 2 heterocycles. The minimum absolute atomic E-state index is 0.180. The zero-order chi connectivity index (χ0) is 24.8. The third-order valence-corrected chi connectivity index (χ3v) is 8.98. The van der Waals surface area contributed by atoms with Crippen LogP contribution >= 0.6 is 23.4 Å². The molecule has 0 radical (unpaired) electrons. The summed E-state index contributed by atoms with van der Waals surface area (Å²) in [5, 5.41) is 4.30. The van der Waals surface area contributed by atoms with Crippen molar-refractivity contribution in [3.63, 3.8) is 0 Å². The quantitative estimate of drug-likeness (QED) is 0.367. The van der Waals surface area contributed by atoms with Crippen molar-refractivity contribution < 1.29 is 13.2 Å². The summed E-state index contributed by atoms with van der Waals surface area (Å²) in [7, 11) is -3.49. The zero-order valence-corrected chi connectivity index (χ0v) is 22.0. The number of hydrogen-bond donors (Lipinski definition) is 1. The lowest BCUT2D eigenvalue weighted by Crippen LogP contribution is -2.35. The number of carbonyl (C=O) groups excluding carboxylic acids is 1. The highest BCUT2D eigenvalue weighted by molar-refractivity contribution is 7.99. The lowest BCUT2D eigenvalue weighted by molar-refractivity contribution is -0.113. The Morgan fingerprint density at radius 1 is 1.06 bits per heavy atom. The van der Waals surface area contributed by atoms with Crippen molar-refractivity contribution in [1.82, 2.24) is 13.9 Å². The van der Waals surface area contributed by atoms with Crippen LogP contribution in [0.4, 0.5) is 5.69 Å². The highest BCUT2D eigenvalue weighted by atomic mass is 35.5. The Kier molecular flexibility index (Phi) is 8.54. The van der Waals surface area contributed by atoms with E-state index in [9.17, 15) is 13.2 Å². The molecule has 0 spiro atoms. The number of sulfonamides is 1. The van der Waals surface area contributed by atoms with Gasteiger partial charge in [-0.25, -0.2) is 13.4 Å². The largest absolute Gasteiger partial charge is 0.325 e. The van der Waals surface area contributed by atoms with Crippen molar-refractivity contribution in [3.8, 4) is 11.3 Å². The van der Waals surface area contributed by atoms with E-state index in [0.29, 0.717) is 23.8 Å². The number of rotatable bonds is 9. The van der Waals surface area contributed by atoms with Crippen molar-refractivity contribution in [2.75, 3.05) is 24.2 Å². The number of nitrogens with zero attached hydrogens (tertiary/aromatic N) is 3. The molecule has 0 bridgehead atoms. The van der Waals surface area contributed by atoms with Gasteiger partial charge in [0.15, 0.2) is 5.16 Å². The first-order chi connectivity index (χ1) is 16.9. The van der Waals surface area contributed by atoms with Crippen molar-refractivity contribution >= 4 is 45.0 Å². The van der Waals surface area contributed by atoms with Gasteiger partial charge in [0.25, 0.3) is 0 Å². The van der Waals surface area contributed by atoms with Crippen molar-refractivity contribution in [2.45, 2.75) is 49.2 Å². The molecular weight excluding hydrogens is 504 g/mol. The van der Waals surface area contributed by atoms with Crippen LogP contribution in [0.1, 0.15) is 32.6 Å². The number of piperidine rings is 1. The monoisotopic (exact) mass is 532 g/mol. The summed E-state index contributed by atoms with van der Waals surface area (Å²) in [5.41, 5.74) is 2.56. The van der Waals surface area contributed by atoms with E-state index in [1.807, 2.05) is 30.5 Å². The molecule has 10 heteroatoms. The average molecular weight is 533 g/mol. The molecule has 1 fully saturated rings. The predicted octanol–water partition coefficient (Wildman–Crippen LogP) is 5.52. The van der Waals surface area contributed by atoms with Crippen LogP contribution in [0, 0.1) is 0 Å². The van der Waals surface area contributed by atoms with Crippen LogP contribution in [0.2, 0.25) is 5.02 Å². The third-order valence-electron chi connectivity index (χ3n) is 5.83. The van der Waals surface area contributed by atoms with E-state index in [2.05, 4.69) is 21.8 Å². The Hall–Kier alpha value is -2.33. The number of thioether (sulfide) groups is 1. The minimum Gasteiger partial charge on any atom is -0.325 e. The fraction of sp³-hybridized carbons (Fsp3) is 0.360. The molecule has 186 valence electrons. The van der Waals surface area contributed by atoms with Crippen LogP contribution in [0.15, 0.2) is 64.8 Å². The highest BCUT2D eigenvalue weighted by Crippen LogP contribution is 2.28. The first-order valence-corrected chi connectivity index (χ1v) is 14.5. The molecule has 1 saturated heterocycles. The van der Waals surface area contributed by atoms with Crippen LogP contribution in [0.3, 0.4) is 0 Å². The Morgan fingerprint density at radius 2 is 1.74 bits per heavy atom. The standard InChI is InChI=1S/C25H29ClN4O3S2/c1-2-14-30-23(19-6-8-20(26)9-7-19)17-27-25(30)34-18-24(31)28-21-10-12-22(13-11-21)35(32,33)29-15-4-3-5-16-29/h6-13,17H,2-5,14-16,18H2,1H3,(H,28,31). The van der Waals surface area contributed by atoms with E-state index in [-0.39, 0.29) is 16.6 Å². The van der Waals surface area contributed by atoms with Crippen LogP contribution in [0.25, 0.3) is 11.3 Å². The van der Waals surface area contributed by atoms with Crippen molar-refractivity contribution in [3.05, 3.63) is 59.8 Å². The number of aromatic nitrogens is 2. The molecule has 1 aliphatic rings. The summed E-state index contributed by atoms with van der Waals surface area (Å²) < 4.78 is 29.3. The van der Waals surface area contributed by atoms with Gasteiger partial charge in [0.05, 0.1) is 22.5 Å². The molecule has 3 aromatic rings. The molecular formula is C25H29ClN4O3S2. The molecule has 1 aliphatic heterocycles. The van der Waals surface area contributed by atoms with Gasteiger partial charge in [-0.15, -0.1) is 0 Å². The van der Waals surface area contributed by atoms with Gasteiger partial charge in [0, 0.05) is 30.3 Å². The fourth-order valence-electron chi connectivity index (χ4n) is 4.06. The third kappa shape index (κ3) is 6.27. The fourth-order valence-corrected chi connectivity index (χ4v) is 6.50. The topological polar surface area (TPSA) is 84.3 Å².